The Hall–Kier alpha value is -2.65. The van der Waals surface area contributed by atoms with Gasteiger partial charge in [-0.2, -0.15) is 5.10 Å². The largest absolute Gasteiger partial charge is 0.234 e. The van der Waals surface area contributed by atoms with Crippen LogP contribution in [0.15, 0.2) is 54.6 Å². The van der Waals surface area contributed by atoms with Crippen molar-refractivity contribution in [3.63, 3.8) is 0 Å². The van der Waals surface area contributed by atoms with Crippen molar-refractivity contribution in [3.8, 4) is 22.5 Å². The summed E-state index contributed by atoms with van der Waals surface area (Å²) < 4.78 is 2.00. The first-order chi connectivity index (χ1) is 12.2. The Kier molecular flexibility index (Phi) is 3.19. The fourth-order valence-electron chi connectivity index (χ4n) is 3.72. The predicted molar refractivity (Wildman–Crippen MR) is 101 cm³/mol. The van der Waals surface area contributed by atoms with E-state index >= 15 is 0 Å². The summed E-state index contributed by atoms with van der Waals surface area (Å²) in [5.74, 6) is 0. The second kappa shape index (κ2) is 5.43. The Morgan fingerprint density at radius 2 is 1.80 bits per heavy atom. The van der Waals surface area contributed by atoms with Gasteiger partial charge in [-0.1, -0.05) is 48.0 Å². The zero-order valence-electron chi connectivity index (χ0n) is 13.8. The van der Waals surface area contributed by atoms with Crippen LogP contribution in [0.4, 0.5) is 0 Å². The molecule has 0 radical (unpaired) electrons. The van der Waals surface area contributed by atoms with Gasteiger partial charge in [-0.15, -0.1) is 0 Å². The van der Waals surface area contributed by atoms with Gasteiger partial charge in [-0.25, -0.2) is 9.50 Å². The van der Waals surface area contributed by atoms with Gasteiger partial charge in [0, 0.05) is 33.5 Å². The lowest BCUT2D eigenvalue weighted by molar-refractivity contribution is 0.850. The summed E-state index contributed by atoms with van der Waals surface area (Å²) in [5, 5.41) is 5.61. The van der Waals surface area contributed by atoms with Crippen molar-refractivity contribution in [2.24, 2.45) is 0 Å². The summed E-state index contributed by atoms with van der Waals surface area (Å²) in [4.78, 5) is 4.80. The molecule has 0 bridgehead atoms. The average molecular weight is 346 g/mol. The minimum atomic E-state index is 0.729. The molecule has 2 aromatic heterocycles. The van der Waals surface area contributed by atoms with Crippen LogP contribution in [-0.4, -0.2) is 14.6 Å². The van der Waals surface area contributed by atoms with E-state index in [0.717, 1.165) is 40.5 Å². The van der Waals surface area contributed by atoms with E-state index < -0.39 is 0 Å². The van der Waals surface area contributed by atoms with Crippen LogP contribution in [0.25, 0.3) is 28.2 Å². The van der Waals surface area contributed by atoms with Crippen LogP contribution in [0.3, 0.4) is 0 Å². The van der Waals surface area contributed by atoms with Gasteiger partial charge in [0.1, 0.15) is 0 Å². The van der Waals surface area contributed by atoms with E-state index in [-0.39, 0.29) is 0 Å². The van der Waals surface area contributed by atoms with Crippen molar-refractivity contribution in [2.45, 2.75) is 19.8 Å². The molecule has 0 atom stereocenters. The molecule has 0 N–H and O–H groups in total. The number of aromatic nitrogens is 3. The third-order valence-electron chi connectivity index (χ3n) is 4.96. The molecule has 5 rings (SSSR count). The molecule has 0 saturated carbocycles. The van der Waals surface area contributed by atoms with Gasteiger partial charge in [0.25, 0.3) is 0 Å². The topological polar surface area (TPSA) is 30.2 Å². The van der Waals surface area contributed by atoms with Gasteiger partial charge in [-0.05, 0) is 37.5 Å². The first-order valence-corrected chi connectivity index (χ1v) is 8.82. The highest BCUT2D eigenvalue weighted by Gasteiger charge is 2.22. The third kappa shape index (κ3) is 2.27. The second-order valence-corrected chi connectivity index (χ2v) is 6.92. The molecule has 0 fully saturated rings. The molecule has 4 heteroatoms. The van der Waals surface area contributed by atoms with E-state index in [0.29, 0.717) is 0 Å². The molecule has 25 heavy (non-hydrogen) atoms. The Morgan fingerprint density at radius 3 is 2.64 bits per heavy atom. The molecule has 0 unspecified atom stereocenters. The molecular weight excluding hydrogens is 330 g/mol. The number of rotatable bonds is 1. The highest BCUT2D eigenvalue weighted by molar-refractivity contribution is 6.30. The lowest BCUT2D eigenvalue weighted by atomic mass is 9.88. The van der Waals surface area contributed by atoms with Crippen LogP contribution >= 0.6 is 11.6 Å². The summed E-state index contributed by atoms with van der Waals surface area (Å²) in [5.41, 5.74) is 9.08. The summed E-state index contributed by atoms with van der Waals surface area (Å²) in [6, 6.07) is 18.4. The maximum atomic E-state index is 6.01. The van der Waals surface area contributed by atoms with Crippen molar-refractivity contribution >= 4 is 17.2 Å². The maximum absolute atomic E-state index is 6.01. The van der Waals surface area contributed by atoms with Crippen molar-refractivity contribution in [2.75, 3.05) is 0 Å². The molecule has 0 saturated heterocycles. The number of aryl methyl sites for hydroxylation is 2. The number of benzene rings is 2. The van der Waals surface area contributed by atoms with Crippen molar-refractivity contribution in [3.05, 3.63) is 76.4 Å². The highest BCUT2D eigenvalue weighted by Crippen LogP contribution is 2.35. The van der Waals surface area contributed by atoms with Crippen molar-refractivity contribution < 1.29 is 0 Å². The van der Waals surface area contributed by atoms with Gasteiger partial charge in [0.15, 0.2) is 5.65 Å². The van der Waals surface area contributed by atoms with Crippen molar-refractivity contribution in [1.82, 2.24) is 14.6 Å². The lowest BCUT2D eigenvalue weighted by Gasteiger charge is -2.21. The Bertz CT molecular complexity index is 1110. The molecular formula is C21H16ClN3. The van der Waals surface area contributed by atoms with Crippen LogP contribution < -0.4 is 0 Å². The average Bonchev–Trinajstić information content (AvgIpc) is 3.05. The SMILES string of the molecule is Cc1nc2cc(-c3ccc(Cl)cc3)nn2c2c1CCc1ccccc1-2. The lowest BCUT2D eigenvalue weighted by Crippen LogP contribution is -2.12. The fourth-order valence-corrected chi connectivity index (χ4v) is 3.85. The van der Waals surface area contributed by atoms with Gasteiger partial charge in [-0.3, -0.25) is 0 Å². The van der Waals surface area contributed by atoms with E-state index in [9.17, 15) is 0 Å². The monoisotopic (exact) mass is 345 g/mol. The minimum Gasteiger partial charge on any atom is -0.234 e. The summed E-state index contributed by atoms with van der Waals surface area (Å²) in [6.07, 6.45) is 2.07. The molecule has 0 aliphatic heterocycles. The Morgan fingerprint density at radius 1 is 1.00 bits per heavy atom. The first-order valence-electron chi connectivity index (χ1n) is 8.44. The standard InChI is InChI=1S/C21H16ClN3/c1-13-17-11-8-14-4-2-3-5-18(14)21(17)25-20(23-13)12-19(24-25)15-6-9-16(22)10-7-15/h2-7,9-10,12H,8,11H2,1H3. The summed E-state index contributed by atoms with van der Waals surface area (Å²) >= 11 is 6.01. The smallest absolute Gasteiger partial charge is 0.156 e. The van der Waals surface area contributed by atoms with Gasteiger partial charge >= 0.3 is 0 Å². The molecule has 1 aliphatic rings. The minimum absolute atomic E-state index is 0.729. The van der Waals surface area contributed by atoms with Gasteiger partial charge in [0.05, 0.1) is 11.4 Å². The summed E-state index contributed by atoms with van der Waals surface area (Å²) in [7, 11) is 0. The summed E-state index contributed by atoms with van der Waals surface area (Å²) in [6.45, 7) is 2.10. The molecule has 0 spiro atoms. The van der Waals surface area contributed by atoms with E-state index in [4.69, 9.17) is 21.7 Å². The highest BCUT2D eigenvalue weighted by atomic mass is 35.5. The molecule has 0 amide bonds. The molecule has 2 aromatic carbocycles. The van der Waals surface area contributed by atoms with Crippen LogP contribution in [-0.2, 0) is 12.8 Å². The van der Waals surface area contributed by atoms with Crippen LogP contribution in [0.1, 0.15) is 16.8 Å². The molecule has 122 valence electrons. The number of nitrogens with zero attached hydrogens (tertiary/aromatic N) is 3. The number of hydrogen-bond acceptors (Lipinski definition) is 2. The maximum Gasteiger partial charge on any atom is 0.156 e. The molecule has 1 aliphatic carbocycles. The Balaban J connectivity index is 1.80. The number of fused-ring (bicyclic) bond motifs is 5. The van der Waals surface area contributed by atoms with Crippen LogP contribution in [0.2, 0.25) is 5.02 Å². The van der Waals surface area contributed by atoms with Crippen LogP contribution in [0.5, 0.6) is 0 Å². The molecule has 4 aromatic rings. The first kappa shape index (κ1) is 14.7. The van der Waals surface area contributed by atoms with E-state index in [1.807, 2.05) is 34.8 Å². The third-order valence-corrected chi connectivity index (χ3v) is 5.22. The zero-order chi connectivity index (χ0) is 17.0. The van der Waals surface area contributed by atoms with E-state index in [1.54, 1.807) is 0 Å². The number of hydrogen-bond donors (Lipinski definition) is 0. The Labute approximate surface area is 150 Å². The van der Waals surface area contributed by atoms with E-state index in [2.05, 4.69) is 31.2 Å². The predicted octanol–water partition coefficient (Wildman–Crippen LogP) is 5.12. The molecule has 3 nitrogen and oxygen atoms in total. The van der Waals surface area contributed by atoms with Crippen molar-refractivity contribution in [1.29, 1.82) is 0 Å². The quantitative estimate of drug-likeness (QED) is 0.479. The molecule has 2 heterocycles. The number of halogens is 1. The normalized spacial score (nSPS) is 12.9. The van der Waals surface area contributed by atoms with Crippen LogP contribution in [0, 0.1) is 6.92 Å². The fraction of sp³-hybridized carbons (Fsp3) is 0.143. The van der Waals surface area contributed by atoms with Gasteiger partial charge in [0.2, 0.25) is 0 Å². The second-order valence-electron chi connectivity index (χ2n) is 6.49. The zero-order valence-corrected chi connectivity index (χ0v) is 14.6. The van der Waals surface area contributed by atoms with Gasteiger partial charge < -0.3 is 0 Å². The van der Waals surface area contributed by atoms with E-state index in [1.165, 1.54) is 22.4 Å².